The smallest absolute Gasteiger partial charge is 0.373 e. The van der Waals surface area contributed by atoms with E-state index in [4.69, 9.17) is 0 Å². The molecule has 0 amide bonds. The summed E-state index contributed by atoms with van der Waals surface area (Å²) in [5.41, 5.74) is -0.0250. The largest absolute Gasteiger partial charge is 0.416 e. The van der Waals surface area contributed by atoms with Gasteiger partial charge >= 0.3 is 6.18 Å². The molecule has 0 fully saturated rings. The van der Waals surface area contributed by atoms with Gasteiger partial charge in [0.25, 0.3) is 0 Å². The van der Waals surface area contributed by atoms with Crippen molar-refractivity contribution in [3.8, 4) is 0 Å². The van der Waals surface area contributed by atoms with Crippen molar-refractivity contribution >= 4 is 5.69 Å². The molecule has 1 aromatic rings. The summed E-state index contributed by atoms with van der Waals surface area (Å²) in [6.45, 7) is 4.28. The fourth-order valence-electron chi connectivity index (χ4n) is 1.47. The summed E-state index contributed by atoms with van der Waals surface area (Å²) < 4.78 is 37.5. The van der Waals surface area contributed by atoms with Gasteiger partial charge in [-0.05, 0) is 24.7 Å². The zero-order valence-electron chi connectivity index (χ0n) is 10.0. The van der Waals surface area contributed by atoms with E-state index >= 15 is 0 Å². The molecule has 2 nitrogen and oxygen atoms in total. The minimum absolute atomic E-state index is 0.581. The predicted molar refractivity (Wildman–Crippen MR) is 63.3 cm³/mol. The SMILES string of the molecule is CCNCCN(C)c1cccc(C(F)(F)F)c1. The van der Waals surface area contributed by atoms with Crippen molar-refractivity contribution < 1.29 is 13.2 Å². The van der Waals surface area contributed by atoms with Crippen LogP contribution >= 0.6 is 0 Å². The maximum absolute atomic E-state index is 12.5. The molecule has 0 aliphatic carbocycles. The Morgan fingerprint density at radius 1 is 1.29 bits per heavy atom. The molecule has 17 heavy (non-hydrogen) atoms. The first-order valence-corrected chi connectivity index (χ1v) is 5.54. The summed E-state index contributed by atoms with van der Waals surface area (Å²) in [5, 5.41) is 3.13. The van der Waals surface area contributed by atoms with Gasteiger partial charge in [0, 0.05) is 25.8 Å². The molecular weight excluding hydrogens is 229 g/mol. The molecule has 0 unspecified atom stereocenters. The third-order valence-electron chi connectivity index (χ3n) is 2.49. The van der Waals surface area contributed by atoms with Gasteiger partial charge in [0.1, 0.15) is 0 Å². The fraction of sp³-hybridized carbons (Fsp3) is 0.500. The lowest BCUT2D eigenvalue weighted by molar-refractivity contribution is -0.137. The third kappa shape index (κ3) is 4.26. The van der Waals surface area contributed by atoms with Crippen LogP contribution < -0.4 is 10.2 Å². The molecule has 0 aliphatic heterocycles. The molecule has 0 saturated heterocycles. The first-order valence-electron chi connectivity index (χ1n) is 5.54. The first-order chi connectivity index (χ1) is 7.95. The molecule has 96 valence electrons. The van der Waals surface area contributed by atoms with Crippen molar-refractivity contribution in [3.63, 3.8) is 0 Å². The second-order valence-corrected chi connectivity index (χ2v) is 3.82. The van der Waals surface area contributed by atoms with Crippen LogP contribution in [0.2, 0.25) is 0 Å². The van der Waals surface area contributed by atoms with Gasteiger partial charge in [-0.2, -0.15) is 13.2 Å². The predicted octanol–water partition coefficient (Wildman–Crippen LogP) is 2.75. The number of rotatable bonds is 5. The average Bonchev–Trinajstić information content (AvgIpc) is 2.28. The molecular formula is C12H17F3N2. The van der Waals surface area contributed by atoms with Crippen LogP contribution in [0, 0.1) is 0 Å². The zero-order chi connectivity index (χ0) is 12.9. The summed E-state index contributed by atoms with van der Waals surface area (Å²) in [5.74, 6) is 0. The molecule has 1 N–H and O–H groups in total. The van der Waals surface area contributed by atoms with E-state index in [1.165, 1.54) is 12.1 Å². The van der Waals surface area contributed by atoms with Gasteiger partial charge < -0.3 is 10.2 Å². The Labute approximate surface area is 99.4 Å². The van der Waals surface area contributed by atoms with E-state index in [-0.39, 0.29) is 0 Å². The Hall–Kier alpha value is -1.23. The lowest BCUT2D eigenvalue weighted by Crippen LogP contribution is -2.29. The molecule has 0 atom stereocenters. The number of nitrogens with zero attached hydrogens (tertiary/aromatic N) is 1. The van der Waals surface area contributed by atoms with E-state index in [9.17, 15) is 13.2 Å². The number of hydrogen-bond acceptors (Lipinski definition) is 2. The number of alkyl halides is 3. The van der Waals surface area contributed by atoms with E-state index in [1.807, 2.05) is 6.92 Å². The Morgan fingerprint density at radius 3 is 2.59 bits per heavy atom. The van der Waals surface area contributed by atoms with Crippen molar-refractivity contribution in [1.29, 1.82) is 0 Å². The Kier molecular flexibility index (Phi) is 4.81. The van der Waals surface area contributed by atoms with Crippen molar-refractivity contribution in [2.24, 2.45) is 0 Å². The van der Waals surface area contributed by atoms with Crippen LogP contribution in [0.15, 0.2) is 24.3 Å². The van der Waals surface area contributed by atoms with Crippen molar-refractivity contribution in [2.45, 2.75) is 13.1 Å². The van der Waals surface area contributed by atoms with Crippen LogP contribution in [0.4, 0.5) is 18.9 Å². The van der Waals surface area contributed by atoms with Crippen molar-refractivity contribution in [1.82, 2.24) is 5.32 Å². The molecule has 5 heteroatoms. The number of halogens is 3. The zero-order valence-corrected chi connectivity index (χ0v) is 10.0. The fourth-order valence-corrected chi connectivity index (χ4v) is 1.47. The Balaban J connectivity index is 2.71. The minimum atomic E-state index is -4.28. The van der Waals surface area contributed by atoms with Gasteiger partial charge in [0.05, 0.1) is 5.56 Å². The summed E-state index contributed by atoms with van der Waals surface area (Å²) >= 11 is 0. The van der Waals surface area contributed by atoms with E-state index in [0.717, 1.165) is 19.2 Å². The highest BCUT2D eigenvalue weighted by atomic mass is 19.4. The quantitative estimate of drug-likeness (QED) is 0.804. The molecule has 1 rings (SSSR count). The summed E-state index contributed by atoms with van der Waals surface area (Å²) in [4.78, 5) is 1.80. The van der Waals surface area contributed by atoms with Crippen LogP contribution in [0.5, 0.6) is 0 Å². The maximum atomic E-state index is 12.5. The van der Waals surface area contributed by atoms with Gasteiger partial charge in [-0.1, -0.05) is 13.0 Å². The molecule has 0 bridgehead atoms. The highest BCUT2D eigenvalue weighted by Gasteiger charge is 2.30. The lowest BCUT2D eigenvalue weighted by Gasteiger charge is -2.20. The van der Waals surface area contributed by atoms with Crippen LogP contribution in [-0.2, 0) is 6.18 Å². The molecule has 0 aliphatic rings. The number of anilines is 1. The molecule has 0 heterocycles. The van der Waals surface area contributed by atoms with Crippen molar-refractivity contribution in [2.75, 3.05) is 31.6 Å². The first kappa shape index (κ1) is 13.8. The van der Waals surface area contributed by atoms with Crippen LogP contribution in [0.25, 0.3) is 0 Å². The second-order valence-electron chi connectivity index (χ2n) is 3.82. The molecule has 0 radical (unpaired) electrons. The van der Waals surface area contributed by atoms with Crippen LogP contribution in [-0.4, -0.2) is 26.7 Å². The Bertz CT molecular complexity index is 350. The van der Waals surface area contributed by atoms with Crippen molar-refractivity contribution in [3.05, 3.63) is 29.8 Å². The van der Waals surface area contributed by atoms with E-state index < -0.39 is 11.7 Å². The number of nitrogens with one attached hydrogen (secondary N) is 1. The highest BCUT2D eigenvalue weighted by Crippen LogP contribution is 2.31. The van der Waals surface area contributed by atoms with E-state index in [2.05, 4.69) is 5.32 Å². The molecule has 0 spiro atoms. The topological polar surface area (TPSA) is 15.3 Å². The van der Waals surface area contributed by atoms with E-state index in [0.29, 0.717) is 12.2 Å². The Morgan fingerprint density at radius 2 is 2.00 bits per heavy atom. The number of likely N-dealkylation sites (N-methyl/N-ethyl adjacent to an activating group) is 2. The summed E-state index contributed by atoms with van der Waals surface area (Å²) in [6, 6.07) is 5.37. The second kappa shape index (κ2) is 5.91. The van der Waals surface area contributed by atoms with Gasteiger partial charge in [0.2, 0.25) is 0 Å². The van der Waals surface area contributed by atoms with Crippen LogP contribution in [0.1, 0.15) is 12.5 Å². The third-order valence-corrected chi connectivity index (χ3v) is 2.49. The maximum Gasteiger partial charge on any atom is 0.416 e. The van der Waals surface area contributed by atoms with E-state index in [1.54, 1.807) is 18.0 Å². The van der Waals surface area contributed by atoms with Gasteiger partial charge in [-0.3, -0.25) is 0 Å². The molecule has 0 aromatic heterocycles. The average molecular weight is 246 g/mol. The van der Waals surface area contributed by atoms with Gasteiger partial charge in [-0.25, -0.2) is 0 Å². The lowest BCUT2D eigenvalue weighted by atomic mass is 10.2. The summed E-state index contributed by atoms with van der Waals surface area (Å²) in [7, 11) is 1.78. The standard InChI is InChI=1S/C12H17F3N2/c1-3-16-7-8-17(2)11-6-4-5-10(9-11)12(13,14)15/h4-6,9,16H,3,7-8H2,1-2H3. The normalized spacial score (nSPS) is 11.6. The minimum Gasteiger partial charge on any atom is -0.373 e. The highest BCUT2D eigenvalue weighted by molar-refractivity contribution is 5.48. The number of hydrogen-bond donors (Lipinski definition) is 1. The van der Waals surface area contributed by atoms with Gasteiger partial charge in [-0.15, -0.1) is 0 Å². The summed E-state index contributed by atoms with van der Waals surface area (Å²) in [6.07, 6.45) is -4.28. The number of benzene rings is 1. The van der Waals surface area contributed by atoms with Gasteiger partial charge in [0.15, 0.2) is 0 Å². The van der Waals surface area contributed by atoms with Crippen LogP contribution in [0.3, 0.4) is 0 Å². The molecule has 0 saturated carbocycles. The molecule has 1 aromatic carbocycles. The monoisotopic (exact) mass is 246 g/mol.